The maximum absolute atomic E-state index is 12.7. The largest absolute Gasteiger partial charge is 0.320 e. The first-order valence-corrected chi connectivity index (χ1v) is 9.28. The van der Waals surface area contributed by atoms with E-state index in [1.807, 2.05) is 32.0 Å². The monoisotopic (exact) mass is 350 g/mol. The number of para-hydroxylation sites is 2. The van der Waals surface area contributed by atoms with Crippen LogP contribution in [0.2, 0.25) is 0 Å². The second kappa shape index (κ2) is 8.31. The normalized spacial score (nSPS) is 12.0. The highest BCUT2D eigenvalue weighted by Crippen LogP contribution is 2.35. The van der Waals surface area contributed by atoms with Crippen LogP contribution in [-0.2, 0) is 4.79 Å². The molecular formula is C23H30N2O. The molecule has 0 spiro atoms. The average Bonchev–Trinajstić information content (AvgIpc) is 2.57. The molecule has 0 radical (unpaired) electrons. The molecule has 138 valence electrons. The Morgan fingerprint density at radius 1 is 0.885 bits per heavy atom. The predicted molar refractivity (Wildman–Crippen MR) is 112 cm³/mol. The molecule has 2 aromatic rings. The highest BCUT2D eigenvalue weighted by Gasteiger charge is 2.16. The number of carbonyl (C=O) groups excluding carboxylic acids is 1. The number of hydrogen-bond acceptors (Lipinski definition) is 2. The fourth-order valence-electron chi connectivity index (χ4n) is 3.07. The third-order valence-electron chi connectivity index (χ3n) is 4.67. The Morgan fingerprint density at radius 2 is 1.35 bits per heavy atom. The average molecular weight is 351 g/mol. The number of nitrogens with zero attached hydrogens (tertiary/aromatic N) is 1. The summed E-state index contributed by atoms with van der Waals surface area (Å²) in [5.41, 5.74) is 6.74. The van der Waals surface area contributed by atoms with E-state index in [0.29, 0.717) is 17.5 Å². The molecule has 0 bridgehead atoms. The summed E-state index contributed by atoms with van der Waals surface area (Å²) in [7, 11) is 0. The van der Waals surface area contributed by atoms with Crippen LogP contribution in [0.1, 0.15) is 68.7 Å². The Morgan fingerprint density at radius 3 is 1.81 bits per heavy atom. The summed E-state index contributed by atoms with van der Waals surface area (Å²) >= 11 is 0. The van der Waals surface area contributed by atoms with Gasteiger partial charge in [0.2, 0.25) is 0 Å². The van der Waals surface area contributed by atoms with Crippen LogP contribution in [0.5, 0.6) is 0 Å². The molecule has 3 nitrogen and oxygen atoms in total. The molecular weight excluding hydrogens is 320 g/mol. The standard InChI is InChI=1S/C23H30N2O/c1-14(2)19-12-9-13-20(15(3)4)22(19)24-18(7)23(26)25-21-16(5)10-8-11-17(21)6/h8-15H,1-7H3,(H,25,26). The second-order valence-corrected chi connectivity index (χ2v) is 7.51. The van der Waals surface area contributed by atoms with Crippen molar-refractivity contribution in [2.75, 3.05) is 5.32 Å². The summed E-state index contributed by atoms with van der Waals surface area (Å²) in [6.45, 7) is 14.4. The van der Waals surface area contributed by atoms with E-state index in [2.05, 4.69) is 51.2 Å². The van der Waals surface area contributed by atoms with E-state index in [-0.39, 0.29) is 5.91 Å². The zero-order chi connectivity index (χ0) is 19.4. The van der Waals surface area contributed by atoms with Gasteiger partial charge in [-0.1, -0.05) is 64.1 Å². The molecule has 3 heteroatoms. The Bertz CT molecular complexity index is 786. The highest BCUT2D eigenvalue weighted by atomic mass is 16.1. The molecule has 0 saturated carbocycles. The first-order valence-electron chi connectivity index (χ1n) is 9.28. The quantitative estimate of drug-likeness (QED) is 0.633. The molecule has 1 N–H and O–H groups in total. The Labute approximate surface area is 157 Å². The predicted octanol–water partition coefficient (Wildman–Crippen LogP) is 6.28. The van der Waals surface area contributed by atoms with Crippen LogP contribution in [0.3, 0.4) is 0 Å². The molecule has 2 rings (SSSR count). The van der Waals surface area contributed by atoms with Gasteiger partial charge in [-0.05, 0) is 54.9 Å². The minimum atomic E-state index is -0.157. The minimum Gasteiger partial charge on any atom is -0.320 e. The topological polar surface area (TPSA) is 41.5 Å². The molecule has 1 amide bonds. The summed E-state index contributed by atoms with van der Waals surface area (Å²) in [6.07, 6.45) is 0. The molecule has 0 aliphatic heterocycles. The number of anilines is 1. The summed E-state index contributed by atoms with van der Waals surface area (Å²) in [6, 6.07) is 12.3. The van der Waals surface area contributed by atoms with E-state index in [1.54, 1.807) is 6.92 Å². The van der Waals surface area contributed by atoms with Crippen LogP contribution in [0.15, 0.2) is 41.4 Å². The van der Waals surface area contributed by atoms with Crippen molar-refractivity contribution in [3.63, 3.8) is 0 Å². The van der Waals surface area contributed by atoms with E-state index in [0.717, 1.165) is 22.5 Å². The third-order valence-corrected chi connectivity index (χ3v) is 4.67. The molecule has 0 heterocycles. The summed E-state index contributed by atoms with van der Waals surface area (Å²) < 4.78 is 0. The van der Waals surface area contributed by atoms with Gasteiger partial charge in [-0.25, -0.2) is 4.99 Å². The molecule has 0 aliphatic rings. The van der Waals surface area contributed by atoms with Gasteiger partial charge in [0, 0.05) is 5.69 Å². The van der Waals surface area contributed by atoms with Gasteiger partial charge in [0.25, 0.3) is 5.91 Å². The highest BCUT2D eigenvalue weighted by molar-refractivity contribution is 6.42. The molecule has 26 heavy (non-hydrogen) atoms. The number of nitrogens with one attached hydrogen (secondary N) is 1. The van der Waals surface area contributed by atoms with Crippen molar-refractivity contribution < 1.29 is 4.79 Å². The van der Waals surface area contributed by atoms with Gasteiger partial charge >= 0.3 is 0 Å². The first-order chi connectivity index (χ1) is 12.2. The fraction of sp³-hybridized carbons (Fsp3) is 0.391. The lowest BCUT2D eigenvalue weighted by atomic mass is 9.93. The van der Waals surface area contributed by atoms with Crippen molar-refractivity contribution >= 4 is 23.0 Å². The van der Waals surface area contributed by atoms with Crippen molar-refractivity contribution in [2.45, 2.75) is 60.3 Å². The van der Waals surface area contributed by atoms with Gasteiger partial charge in [-0.2, -0.15) is 0 Å². The van der Waals surface area contributed by atoms with E-state index >= 15 is 0 Å². The summed E-state index contributed by atoms with van der Waals surface area (Å²) in [4.78, 5) is 17.5. The van der Waals surface area contributed by atoms with Gasteiger partial charge in [-0.15, -0.1) is 0 Å². The van der Waals surface area contributed by atoms with Crippen LogP contribution < -0.4 is 5.32 Å². The van der Waals surface area contributed by atoms with Crippen molar-refractivity contribution in [2.24, 2.45) is 4.99 Å². The number of aryl methyl sites for hydroxylation is 2. The van der Waals surface area contributed by atoms with Gasteiger partial charge < -0.3 is 5.32 Å². The van der Waals surface area contributed by atoms with Gasteiger partial charge in [0.1, 0.15) is 5.71 Å². The van der Waals surface area contributed by atoms with Crippen molar-refractivity contribution in [3.05, 3.63) is 58.7 Å². The Hall–Kier alpha value is -2.42. The second-order valence-electron chi connectivity index (χ2n) is 7.51. The Kier molecular flexibility index (Phi) is 6.36. The molecule has 0 fully saturated rings. The zero-order valence-corrected chi connectivity index (χ0v) is 17.0. The molecule has 0 aliphatic carbocycles. The first kappa shape index (κ1) is 19.9. The van der Waals surface area contributed by atoms with E-state index in [4.69, 9.17) is 4.99 Å². The number of amides is 1. The zero-order valence-electron chi connectivity index (χ0n) is 17.0. The van der Waals surface area contributed by atoms with Crippen molar-refractivity contribution in [3.8, 4) is 0 Å². The SMILES string of the molecule is CC(=Nc1c(C(C)C)cccc1C(C)C)C(=O)Nc1c(C)cccc1C. The number of benzene rings is 2. The van der Waals surface area contributed by atoms with Crippen LogP contribution >= 0.6 is 0 Å². The number of hydrogen-bond donors (Lipinski definition) is 1. The van der Waals surface area contributed by atoms with Crippen LogP contribution in [-0.4, -0.2) is 11.6 Å². The van der Waals surface area contributed by atoms with E-state index in [1.165, 1.54) is 11.1 Å². The smallest absolute Gasteiger partial charge is 0.269 e. The van der Waals surface area contributed by atoms with Gasteiger partial charge in [0.05, 0.1) is 5.69 Å². The summed E-state index contributed by atoms with van der Waals surface area (Å²) in [5, 5.41) is 3.03. The maximum atomic E-state index is 12.7. The number of rotatable bonds is 5. The lowest BCUT2D eigenvalue weighted by Crippen LogP contribution is -2.21. The third kappa shape index (κ3) is 4.40. The number of aliphatic imine (C=N–C) groups is 1. The molecule has 0 atom stereocenters. The van der Waals surface area contributed by atoms with Crippen LogP contribution in [0.4, 0.5) is 11.4 Å². The molecule has 0 saturated heterocycles. The lowest BCUT2D eigenvalue weighted by molar-refractivity contribution is -0.110. The summed E-state index contributed by atoms with van der Waals surface area (Å²) in [5.74, 6) is 0.541. The van der Waals surface area contributed by atoms with Crippen molar-refractivity contribution in [1.82, 2.24) is 0 Å². The molecule has 2 aromatic carbocycles. The van der Waals surface area contributed by atoms with Crippen LogP contribution in [0, 0.1) is 13.8 Å². The van der Waals surface area contributed by atoms with E-state index < -0.39 is 0 Å². The van der Waals surface area contributed by atoms with Crippen LogP contribution in [0.25, 0.3) is 0 Å². The van der Waals surface area contributed by atoms with Crippen molar-refractivity contribution in [1.29, 1.82) is 0 Å². The molecule has 0 aromatic heterocycles. The lowest BCUT2D eigenvalue weighted by Gasteiger charge is -2.17. The molecule has 0 unspecified atom stereocenters. The fourth-order valence-corrected chi connectivity index (χ4v) is 3.07. The van der Waals surface area contributed by atoms with Gasteiger partial charge in [0.15, 0.2) is 0 Å². The maximum Gasteiger partial charge on any atom is 0.269 e. The van der Waals surface area contributed by atoms with E-state index in [9.17, 15) is 4.79 Å². The van der Waals surface area contributed by atoms with Gasteiger partial charge in [-0.3, -0.25) is 4.79 Å². The minimum absolute atomic E-state index is 0.157. The number of carbonyl (C=O) groups is 1. The Balaban J connectivity index is 2.42.